The van der Waals surface area contributed by atoms with Gasteiger partial charge in [0.15, 0.2) is 0 Å². The normalized spacial score (nSPS) is 15.9. The number of piperidine rings is 1. The van der Waals surface area contributed by atoms with Crippen LogP contribution in [0.2, 0.25) is 0 Å². The Morgan fingerprint density at radius 2 is 2.00 bits per heavy atom. The Morgan fingerprint density at radius 3 is 2.65 bits per heavy atom. The summed E-state index contributed by atoms with van der Waals surface area (Å²) in [6.45, 7) is 3.76. The Hall–Kier alpha value is -1.86. The van der Waals surface area contributed by atoms with Gasteiger partial charge in [-0.2, -0.15) is 4.31 Å². The molecule has 1 amide bonds. The van der Waals surface area contributed by atoms with Gasteiger partial charge < -0.3 is 10.1 Å². The molecule has 144 valence electrons. The summed E-state index contributed by atoms with van der Waals surface area (Å²) >= 11 is 0. The Bertz CT molecular complexity index is 738. The minimum absolute atomic E-state index is 0.149. The van der Waals surface area contributed by atoms with Gasteiger partial charge in [-0.15, -0.1) is 0 Å². The van der Waals surface area contributed by atoms with Crippen LogP contribution in [0.25, 0.3) is 6.08 Å². The van der Waals surface area contributed by atoms with Gasteiger partial charge >= 0.3 is 0 Å². The second-order valence-corrected chi connectivity index (χ2v) is 8.26. The molecule has 0 bridgehead atoms. The number of sulfonamides is 1. The monoisotopic (exact) mass is 380 g/mol. The second-order valence-electron chi connectivity index (χ2n) is 6.35. The van der Waals surface area contributed by atoms with Gasteiger partial charge in [0.2, 0.25) is 15.9 Å². The van der Waals surface area contributed by atoms with E-state index >= 15 is 0 Å². The van der Waals surface area contributed by atoms with Crippen molar-refractivity contribution in [1.82, 2.24) is 9.62 Å². The summed E-state index contributed by atoms with van der Waals surface area (Å²) in [5.74, 6) is 0.134. The van der Waals surface area contributed by atoms with Crippen molar-refractivity contribution in [2.75, 3.05) is 26.7 Å². The first-order valence-corrected chi connectivity index (χ1v) is 10.6. The minimum atomic E-state index is -3.61. The fourth-order valence-electron chi connectivity index (χ4n) is 2.86. The smallest absolute Gasteiger partial charge is 0.246 e. The minimum Gasteiger partial charge on any atom is -0.495 e. The summed E-state index contributed by atoms with van der Waals surface area (Å²) in [6, 6.07) is 4.94. The predicted molar refractivity (Wildman–Crippen MR) is 103 cm³/mol. The molecule has 0 radical (unpaired) electrons. The number of hydrogen-bond acceptors (Lipinski definition) is 4. The number of unbranched alkanes of at least 4 members (excludes halogenated alkanes) is 1. The van der Waals surface area contributed by atoms with Gasteiger partial charge in [-0.1, -0.05) is 25.8 Å². The highest BCUT2D eigenvalue weighted by atomic mass is 32.2. The van der Waals surface area contributed by atoms with E-state index in [1.165, 1.54) is 17.5 Å². The number of nitrogens with one attached hydrogen (secondary N) is 1. The molecule has 0 saturated carbocycles. The van der Waals surface area contributed by atoms with E-state index in [1.807, 2.05) is 0 Å². The van der Waals surface area contributed by atoms with Crippen LogP contribution in [0.5, 0.6) is 5.75 Å². The number of carbonyl (C=O) groups is 1. The van der Waals surface area contributed by atoms with Crippen LogP contribution in [0.4, 0.5) is 0 Å². The van der Waals surface area contributed by atoms with Crippen LogP contribution >= 0.6 is 0 Å². The average molecular weight is 381 g/mol. The molecular weight excluding hydrogens is 352 g/mol. The number of amides is 1. The van der Waals surface area contributed by atoms with Crippen molar-refractivity contribution in [2.24, 2.45) is 0 Å². The molecule has 1 heterocycles. The van der Waals surface area contributed by atoms with Crippen LogP contribution in [0, 0.1) is 0 Å². The van der Waals surface area contributed by atoms with Gasteiger partial charge in [-0.25, -0.2) is 8.42 Å². The van der Waals surface area contributed by atoms with Crippen molar-refractivity contribution >= 4 is 22.0 Å². The van der Waals surface area contributed by atoms with E-state index in [1.54, 1.807) is 24.3 Å². The molecule has 7 heteroatoms. The Balaban J connectivity index is 2.21. The van der Waals surface area contributed by atoms with Crippen LogP contribution < -0.4 is 10.1 Å². The van der Waals surface area contributed by atoms with Crippen molar-refractivity contribution in [3.8, 4) is 5.75 Å². The second kappa shape index (κ2) is 9.73. The van der Waals surface area contributed by atoms with E-state index in [0.29, 0.717) is 30.9 Å². The van der Waals surface area contributed by atoms with E-state index in [4.69, 9.17) is 4.74 Å². The number of nitrogens with zero attached hydrogens (tertiary/aromatic N) is 1. The molecule has 1 aromatic rings. The third-order valence-electron chi connectivity index (χ3n) is 4.38. The first-order valence-electron chi connectivity index (χ1n) is 9.13. The van der Waals surface area contributed by atoms with Crippen LogP contribution in [0.3, 0.4) is 0 Å². The molecule has 1 aliphatic heterocycles. The van der Waals surface area contributed by atoms with Gasteiger partial charge in [0.05, 0.1) is 7.11 Å². The molecule has 0 unspecified atom stereocenters. The van der Waals surface area contributed by atoms with Crippen molar-refractivity contribution in [2.45, 2.75) is 43.9 Å². The fourth-order valence-corrected chi connectivity index (χ4v) is 4.57. The lowest BCUT2D eigenvalue weighted by atomic mass is 10.2. The molecule has 0 spiro atoms. The molecule has 0 aliphatic carbocycles. The SMILES string of the molecule is CCCCNC(=O)/C=C/c1ccc(OC)c(S(=O)(=O)N2CCCCC2)c1. The zero-order chi connectivity index (χ0) is 19.0. The number of hydrogen-bond donors (Lipinski definition) is 1. The van der Waals surface area contributed by atoms with Crippen molar-refractivity contribution in [3.63, 3.8) is 0 Å². The zero-order valence-corrected chi connectivity index (χ0v) is 16.3. The largest absolute Gasteiger partial charge is 0.495 e. The highest BCUT2D eigenvalue weighted by molar-refractivity contribution is 7.89. The zero-order valence-electron chi connectivity index (χ0n) is 15.5. The van der Waals surface area contributed by atoms with Crippen LogP contribution in [-0.2, 0) is 14.8 Å². The van der Waals surface area contributed by atoms with Gasteiger partial charge in [-0.3, -0.25) is 4.79 Å². The lowest BCUT2D eigenvalue weighted by Gasteiger charge is -2.26. The van der Waals surface area contributed by atoms with Gasteiger partial charge in [0.1, 0.15) is 10.6 Å². The number of methoxy groups -OCH3 is 1. The maximum Gasteiger partial charge on any atom is 0.246 e. The topological polar surface area (TPSA) is 75.7 Å². The lowest BCUT2D eigenvalue weighted by Crippen LogP contribution is -2.35. The summed E-state index contributed by atoms with van der Waals surface area (Å²) in [6.07, 6.45) is 7.79. The van der Waals surface area contributed by atoms with E-state index in [9.17, 15) is 13.2 Å². The summed E-state index contributed by atoms with van der Waals surface area (Å²) in [5, 5.41) is 2.80. The number of rotatable bonds is 8. The van der Waals surface area contributed by atoms with Crippen LogP contribution in [0.15, 0.2) is 29.2 Å². The summed E-state index contributed by atoms with van der Waals surface area (Å²) < 4.78 is 32.7. The summed E-state index contributed by atoms with van der Waals surface area (Å²) in [4.78, 5) is 11.9. The van der Waals surface area contributed by atoms with Crippen molar-refractivity contribution in [1.29, 1.82) is 0 Å². The molecule has 0 aromatic heterocycles. The highest BCUT2D eigenvalue weighted by Gasteiger charge is 2.28. The third kappa shape index (κ3) is 5.32. The maximum absolute atomic E-state index is 13.0. The van der Waals surface area contributed by atoms with E-state index in [-0.39, 0.29) is 10.8 Å². The van der Waals surface area contributed by atoms with E-state index in [2.05, 4.69) is 12.2 Å². The van der Waals surface area contributed by atoms with Gasteiger partial charge in [0.25, 0.3) is 0 Å². The average Bonchev–Trinajstić information content (AvgIpc) is 2.67. The Kier molecular flexibility index (Phi) is 7.66. The molecule has 1 aromatic carbocycles. The summed E-state index contributed by atoms with van der Waals surface area (Å²) in [7, 11) is -2.15. The van der Waals surface area contributed by atoms with Crippen LogP contribution in [-0.4, -0.2) is 45.4 Å². The Labute approximate surface area is 156 Å². The third-order valence-corrected chi connectivity index (χ3v) is 6.30. The van der Waals surface area contributed by atoms with Crippen molar-refractivity contribution < 1.29 is 17.9 Å². The van der Waals surface area contributed by atoms with Gasteiger partial charge in [0, 0.05) is 25.7 Å². The molecule has 1 aliphatic rings. The van der Waals surface area contributed by atoms with Crippen molar-refractivity contribution in [3.05, 3.63) is 29.8 Å². The fraction of sp³-hybridized carbons (Fsp3) is 0.526. The molecule has 0 atom stereocenters. The Morgan fingerprint density at radius 1 is 1.27 bits per heavy atom. The number of ether oxygens (including phenoxy) is 1. The molecule has 1 N–H and O–H groups in total. The quantitative estimate of drug-likeness (QED) is 0.556. The number of benzene rings is 1. The molecule has 1 fully saturated rings. The van der Waals surface area contributed by atoms with Gasteiger partial charge in [-0.05, 0) is 43.0 Å². The molecule has 2 rings (SSSR count). The predicted octanol–water partition coefficient (Wildman–Crippen LogP) is 2.80. The van der Waals surface area contributed by atoms with Crippen LogP contribution in [0.1, 0.15) is 44.6 Å². The highest BCUT2D eigenvalue weighted by Crippen LogP contribution is 2.29. The van der Waals surface area contributed by atoms with E-state index < -0.39 is 10.0 Å². The molecule has 26 heavy (non-hydrogen) atoms. The molecular formula is C19H28N2O4S. The van der Waals surface area contributed by atoms with E-state index in [0.717, 1.165) is 32.1 Å². The first kappa shape index (κ1) is 20.5. The standard InChI is InChI=1S/C19H28N2O4S/c1-3-4-12-20-19(22)11-9-16-8-10-17(25-2)18(15-16)26(23,24)21-13-6-5-7-14-21/h8-11,15H,3-7,12-14H2,1-2H3,(H,20,22)/b11-9+. The summed E-state index contributed by atoms with van der Waals surface area (Å²) in [5.41, 5.74) is 0.645. The maximum atomic E-state index is 13.0. The molecule has 1 saturated heterocycles. The first-order chi connectivity index (χ1) is 12.5. The number of carbonyl (C=O) groups excluding carboxylic acids is 1. The molecule has 6 nitrogen and oxygen atoms in total. The lowest BCUT2D eigenvalue weighted by molar-refractivity contribution is -0.116.